The van der Waals surface area contributed by atoms with E-state index in [2.05, 4.69) is 32.3 Å². The molecule has 1 aliphatic heterocycles. The molecule has 0 radical (unpaired) electrons. The summed E-state index contributed by atoms with van der Waals surface area (Å²) in [5.41, 5.74) is 0. The zero-order valence-corrected chi connectivity index (χ0v) is 8.94. The summed E-state index contributed by atoms with van der Waals surface area (Å²) in [5, 5.41) is 11.1. The normalized spacial score (nSPS) is 19.5. The van der Waals surface area contributed by atoms with Gasteiger partial charge in [-0.2, -0.15) is 0 Å². The summed E-state index contributed by atoms with van der Waals surface area (Å²) in [5.74, 6) is 0. The van der Waals surface area contributed by atoms with Gasteiger partial charge in [-0.25, -0.2) is 0 Å². The van der Waals surface area contributed by atoms with Crippen LogP contribution in [0.5, 0.6) is 0 Å². The monoisotopic (exact) mass is 247 g/mol. The highest BCUT2D eigenvalue weighted by molar-refractivity contribution is 9.10. The fourth-order valence-electron chi connectivity index (χ4n) is 1.31. The van der Waals surface area contributed by atoms with Crippen LogP contribution in [0.3, 0.4) is 0 Å². The van der Waals surface area contributed by atoms with Crippen molar-refractivity contribution in [3.8, 4) is 0 Å². The third kappa shape index (κ3) is 1.71. The minimum absolute atomic E-state index is 0.0938. The van der Waals surface area contributed by atoms with Gasteiger partial charge < -0.3 is 5.11 Å². The summed E-state index contributed by atoms with van der Waals surface area (Å²) >= 11 is 5.24. The first kappa shape index (κ1) is 8.69. The number of halogens is 1. The van der Waals surface area contributed by atoms with E-state index in [9.17, 15) is 0 Å². The second kappa shape index (κ2) is 3.46. The molecule has 1 aliphatic rings. The number of rotatable bonds is 2. The van der Waals surface area contributed by atoms with Gasteiger partial charge >= 0.3 is 0 Å². The number of hydrogen-bond acceptors (Lipinski definition) is 3. The van der Waals surface area contributed by atoms with Gasteiger partial charge in [0.25, 0.3) is 0 Å². The minimum Gasteiger partial charge on any atom is -0.390 e. The third-order valence-corrected chi connectivity index (χ3v) is 3.91. The quantitative estimate of drug-likeness (QED) is 0.860. The van der Waals surface area contributed by atoms with E-state index in [1.807, 2.05) is 0 Å². The molecular weight excluding hydrogens is 238 g/mol. The first-order valence-electron chi connectivity index (χ1n) is 3.88. The van der Waals surface area contributed by atoms with E-state index in [1.54, 1.807) is 11.3 Å². The largest absolute Gasteiger partial charge is 0.390 e. The van der Waals surface area contributed by atoms with Gasteiger partial charge in [-0.15, -0.1) is 11.3 Å². The average Bonchev–Trinajstić information content (AvgIpc) is 2.33. The Bertz CT molecular complexity index is 270. The Morgan fingerprint density at radius 1 is 1.67 bits per heavy atom. The highest BCUT2D eigenvalue weighted by Gasteiger charge is 2.24. The molecular formula is C8H10BrNOS. The molecule has 0 spiro atoms. The highest BCUT2D eigenvalue weighted by Crippen LogP contribution is 2.25. The van der Waals surface area contributed by atoms with E-state index in [4.69, 9.17) is 5.11 Å². The summed E-state index contributed by atoms with van der Waals surface area (Å²) < 4.78 is 1.19. The molecule has 1 fully saturated rings. The van der Waals surface area contributed by atoms with Gasteiger partial charge in [-0.05, 0) is 27.4 Å². The number of likely N-dealkylation sites (tertiary alicyclic amines) is 1. The summed E-state index contributed by atoms with van der Waals surface area (Å²) in [6.45, 7) is 2.62. The lowest BCUT2D eigenvalue weighted by Gasteiger charge is -2.35. The van der Waals surface area contributed by atoms with Crippen molar-refractivity contribution in [2.75, 3.05) is 13.1 Å². The third-order valence-electron chi connectivity index (χ3n) is 2.00. The molecule has 0 atom stereocenters. The van der Waals surface area contributed by atoms with Crippen LogP contribution in [0.15, 0.2) is 15.9 Å². The Labute approximate surface area is 83.9 Å². The minimum atomic E-state index is -0.0938. The molecule has 12 heavy (non-hydrogen) atoms. The van der Waals surface area contributed by atoms with Crippen LogP contribution in [0.2, 0.25) is 0 Å². The van der Waals surface area contributed by atoms with E-state index in [0.29, 0.717) is 0 Å². The maximum Gasteiger partial charge on any atom is 0.0794 e. The molecule has 2 heterocycles. The number of aliphatic hydroxyl groups excluding tert-OH is 1. The van der Waals surface area contributed by atoms with Gasteiger partial charge in [0.15, 0.2) is 0 Å². The standard InChI is InChI=1S/C8H10BrNOS/c9-7-1-2-12-8(7)5-10-3-6(11)4-10/h1-2,6,11H,3-5H2. The Kier molecular flexibility index (Phi) is 2.50. The fraction of sp³-hybridized carbons (Fsp3) is 0.500. The lowest BCUT2D eigenvalue weighted by Crippen LogP contribution is -2.49. The SMILES string of the molecule is OC1CN(Cc2sccc2Br)C1. The molecule has 0 unspecified atom stereocenters. The molecule has 0 bridgehead atoms. The topological polar surface area (TPSA) is 23.5 Å². The second-order valence-corrected chi connectivity index (χ2v) is 4.89. The molecule has 66 valence electrons. The fourth-order valence-corrected chi connectivity index (χ4v) is 2.83. The van der Waals surface area contributed by atoms with Crippen LogP contribution in [-0.4, -0.2) is 29.2 Å². The predicted molar refractivity (Wildman–Crippen MR) is 53.3 cm³/mol. The Morgan fingerprint density at radius 2 is 2.42 bits per heavy atom. The summed E-state index contributed by atoms with van der Waals surface area (Å²) in [6, 6.07) is 2.07. The molecule has 1 saturated heterocycles. The van der Waals surface area contributed by atoms with Crippen molar-refractivity contribution < 1.29 is 5.11 Å². The molecule has 1 N–H and O–H groups in total. The smallest absolute Gasteiger partial charge is 0.0794 e. The van der Waals surface area contributed by atoms with Gasteiger partial charge in [0.1, 0.15) is 0 Å². The van der Waals surface area contributed by atoms with E-state index in [1.165, 1.54) is 9.35 Å². The Hall–Kier alpha value is 0.100. The second-order valence-electron chi connectivity index (χ2n) is 3.04. The first-order valence-corrected chi connectivity index (χ1v) is 5.55. The van der Waals surface area contributed by atoms with Gasteiger partial charge in [-0.1, -0.05) is 0 Å². The lowest BCUT2D eigenvalue weighted by molar-refractivity contribution is -0.00238. The van der Waals surface area contributed by atoms with Crippen molar-refractivity contribution >= 4 is 27.3 Å². The first-order chi connectivity index (χ1) is 5.75. The predicted octanol–water partition coefficient (Wildman–Crippen LogP) is 1.69. The number of hydrogen-bond donors (Lipinski definition) is 1. The number of thiophene rings is 1. The molecule has 0 saturated carbocycles. The Morgan fingerprint density at radius 3 is 2.92 bits per heavy atom. The maximum absolute atomic E-state index is 9.07. The number of β-amino-alcohol motifs (C(OH)–C–C–N with tert-alkyl or cyclic N) is 1. The maximum atomic E-state index is 9.07. The van der Waals surface area contributed by atoms with Crippen LogP contribution >= 0.6 is 27.3 Å². The highest BCUT2D eigenvalue weighted by atomic mass is 79.9. The van der Waals surface area contributed by atoms with Crippen LogP contribution in [0, 0.1) is 0 Å². The molecule has 2 rings (SSSR count). The van der Waals surface area contributed by atoms with Crippen molar-refractivity contribution in [3.05, 3.63) is 20.8 Å². The van der Waals surface area contributed by atoms with E-state index >= 15 is 0 Å². The van der Waals surface area contributed by atoms with Gasteiger partial charge in [0, 0.05) is 29.0 Å². The van der Waals surface area contributed by atoms with Gasteiger partial charge in [0.2, 0.25) is 0 Å². The molecule has 0 aromatic carbocycles. The van der Waals surface area contributed by atoms with Crippen molar-refractivity contribution in [2.45, 2.75) is 12.6 Å². The van der Waals surface area contributed by atoms with Crippen molar-refractivity contribution in [2.24, 2.45) is 0 Å². The molecule has 0 aliphatic carbocycles. The van der Waals surface area contributed by atoms with Crippen LogP contribution in [0.25, 0.3) is 0 Å². The molecule has 1 aromatic heterocycles. The van der Waals surface area contributed by atoms with E-state index in [-0.39, 0.29) is 6.10 Å². The van der Waals surface area contributed by atoms with E-state index < -0.39 is 0 Å². The zero-order valence-electron chi connectivity index (χ0n) is 6.53. The average molecular weight is 248 g/mol. The number of nitrogens with zero attached hydrogens (tertiary/aromatic N) is 1. The van der Waals surface area contributed by atoms with Crippen LogP contribution in [0.1, 0.15) is 4.88 Å². The molecule has 1 aromatic rings. The van der Waals surface area contributed by atoms with Crippen LogP contribution < -0.4 is 0 Å². The van der Waals surface area contributed by atoms with Crippen molar-refractivity contribution in [1.29, 1.82) is 0 Å². The lowest BCUT2D eigenvalue weighted by atomic mass is 10.2. The molecule has 0 amide bonds. The van der Waals surface area contributed by atoms with Crippen LogP contribution in [-0.2, 0) is 6.54 Å². The summed E-state index contributed by atoms with van der Waals surface area (Å²) in [7, 11) is 0. The molecule has 4 heteroatoms. The van der Waals surface area contributed by atoms with Gasteiger partial charge in [-0.3, -0.25) is 4.90 Å². The van der Waals surface area contributed by atoms with Crippen LogP contribution in [0.4, 0.5) is 0 Å². The van der Waals surface area contributed by atoms with Gasteiger partial charge in [0.05, 0.1) is 6.10 Å². The Balaban J connectivity index is 1.92. The molecule has 2 nitrogen and oxygen atoms in total. The van der Waals surface area contributed by atoms with Crippen molar-refractivity contribution in [3.63, 3.8) is 0 Å². The zero-order chi connectivity index (χ0) is 8.55. The van der Waals surface area contributed by atoms with Crippen molar-refractivity contribution in [1.82, 2.24) is 4.90 Å². The summed E-state index contributed by atoms with van der Waals surface area (Å²) in [6.07, 6.45) is -0.0938. The summed E-state index contributed by atoms with van der Waals surface area (Å²) in [4.78, 5) is 3.59. The number of aliphatic hydroxyl groups is 1. The van der Waals surface area contributed by atoms with E-state index in [0.717, 1.165) is 19.6 Å².